The Hall–Kier alpha value is -1.76. The normalized spacial score (nSPS) is 11.9. The standard InChI is InChI=1S/C9H10N4O3S2/c1-17-9(12-5-10)13-7-4-6(18(11,15)16)2-3-8(7)14/h2-4,14H,1H3,(H,12,13)(H2,11,15,16). The number of aliphatic imine (C=N–C) groups is 1. The smallest absolute Gasteiger partial charge is 0.238 e. The molecule has 9 heteroatoms. The van der Waals surface area contributed by atoms with Gasteiger partial charge in [0.05, 0.1) is 4.90 Å². The first-order valence-electron chi connectivity index (χ1n) is 4.52. The minimum Gasteiger partial charge on any atom is -0.506 e. The van der Waals surface area contributed by atoms with Gasteiger partial charge in [-0.1, -0.05) is 11.8 Å². The number of nitrogens with zero attached hydrogens (tertiary/aromatic N) is 2. The lowest BCUT2D eigenvalue weighted by molar-refractivity contribution is 0.476. The summed E-state index contributed by atoms with van der Waals surface area (Å²) >= 11 is 1.14. The Morgan fingerprint density at radius 3 is 2.78 bits per heavy atom. The fraction of sp³-hybridized carbons (Fsp3) is 0.111. The summed E-state index contributed by atoms with van der Waals surface area (Å²) in [5, 5.41) is 25.5. The van der Waals surface area contributed by atoms with E-state index in [9.17, 15) is 13.5 Å². The zero-order valence-electron chi connectivity index (χ0n) is 9.28. The number of phenolic OH excluding ortho intramolecular Hbond substituents is 1. The van der Waals surface area contributed by atoms with Crippen LogP contribution in [0.3, 0.4) is 0 Å². The third-order valence-electron chi connectivity index (χ3n) is 1.85. The zero-order chi connectivity index (χ0) is 13.8. The van der Waals surface area contributed by atoms with Crippen molar-refractivity contribution in [2.24, 2.45) is 10.1 Å². The molecular weight excluding hydrogens is 276 g/mol. The maximum Gasteiger partial charge on any atom is 0.238 e. The van der Waals surface area contributed by atoms with Gasteiger partial charge in [-0.25, -0.2) is 18.5 Å². The summed E-state index contributed by atoms with van der Waals surface area (Å²) in [6, 6.07) is 3.46. The highest BCUT2D eigenvalue weighted by atomic mass is 32.2. The number of benzene rings is 1. The second-order valence-corrected chi connectivity index (χ2v) is 5.41. The molecule has 1 aromatic rings. The second-order valence-electron chi connectivity index (χ2n) is 3.05. The van der Waals surface area contributed by atoms with E-state index in [1.54, 1.807) is 12.4 Å². The summed E-state index contributed by atoms with van der Waals surface area (Å²) in [5.41, 5.74) is 0.00799. The van der Waals surface area contributed by atoms with E-state index in [1.807, 2.05) is 0 Å². The van der Waals surface area contributed by atoms with E-state index < -0.39 is 10.0 Å². The first kappa shape index (κ1) is 14.3. The molecule has 0 bridgehead atoms. The summed E-state index contributed by atoms with van der Waals surface area (Å²) in [6.07, 6.45) is 3.35. The number of nitriles is 1. The van der Waals surface area contributed by atoms with Crippen LogP contribution in [0, 0.1) is 11.5 Å². The molecule has 0 atom stereocenters. The van der Waals surface area contributed by atoms with Gasteiger partial charge in [-0.2, -0.15) is 5.26 Å². The maximum atomic E-state index is 11.2. The number of nitrogens with one attached hydrogen (secondary N) is 1. The van der Waals surface area contributed by atoms with E-state index in [0.717, 1.165) is 17.8 Å². The quantitative estimate of drug-likeness (QED) is 0.313. The predicted molar refractivity (Wildman–Crippen MR) is 68.8 cm³/mol. The van der Waals surface area contributed by atoms with Crippen molar-refractivity contribution >= 4 is 32.6 Å². The van der Waals surface area contributed by atoms with E-state index in [0.29, 0.717) is 0 Å². The van der Waals surface area contributed by atoms with Crippen LogP contribution in [0.25, 0.3) is 0 Å². The van der Waals surface area contributed by atoms with Gasteiger partial charge in [0.15, 0.2) is 11.4 Å². The van der Waals surface area contributed by atoms with Crippen molar-refractivity contribution in [1.82, 2.24) is 5.32 Å². The van der Waals surface area contributed by atoms with Crippen molar-refractivity contribution in [1.29, 1.82) is 5.26 Å². The minimum absolute atomic E-state index is 0.00799. The van der Waals surface area contributed by atoms with Gasteiger partial charge in [-0.05, 0) is 24.5 Å². The van der Waals surface area contributed by atoms with Gasteiger partial charge in [0.2, 0.25) is 10.0 Å². The topological polar surface area (TPSA) is 129 Å². The van der Waals surface area contributed by atoms with Gasteiger partial charge in [-0.3, -0.25) is 5.32 Å². The molecule has 0 saturated carbocycles. The third kappa shape index (κ3) is 3.63. The number of aromatic hydroxyl groups is 1. The van der Waals surface area contributed by atoms with Crippen LogP contribution in [0.4, 0.5) is 5.69 Å². The van der Waals surface area contributed by atoms with Crippen LogP contribution in [0.15, 0.2) is 28.1 Å². The Morgan fingerprint density at radius 1 is 1.61 bits per heavy atom. The molecule has 0 aliphatic carbocycles. The van der Waals surface area contributed by atoms with Crippen molar-refractivity contribution in [3.05, 3.63) is 18.2 Å². The Morgan fingerprint density at radius 2 is 2.28 bits per heavy atom. The largest absolute Gasteiger partial charge is 0.506 e. The van der Waals surface area contributed by atoms with Crippen LogP contribution in [-0.4, -0.2) is 24.9 Å². The third-order valence-corrected chi connectivity index (χ3v) is 3.34. The van der Waals surface area contributed by atoms with Crippen molar-refractivity contribution in [2.75, 3.05) is 6.26 Å². The van der Waals surface area contributed by atoms with Gasteiger partial charge in [0, 0.05) is 0 Å². The molecule has 0 amide bonds. The molecule has 0 saturated heterocycles. The fourth-order valence-corrected chi connectivity index (χ4v) is 1.92. The average Bonchev–Trinajstić information content (AvgIpc) is 2.29. The van der Waals surface area contributed by atoms with E-state index in [4.69, 9.17) is 10.4 Å². The highest BCUT2D eigenvalue weighted by Gasteiger charge is 2.11. The van der Waals surface area contributed by atoms with Crippen molar-refractivity contribution < 1.29 is 13.5 Å². The number of thioether (sulfide) groups is 1. The molecule has 1 aromatic carbocycles. The summed E-state index contributed by atoms with van der Waals surface area (Å²) in [6.45, 7) is 0. The Bertz CT molecular complexity index is 619. The highest BCUT2D eigenvalue weighted by molar-refractivity contribution is 8.13. The van der Waals surface area contributed by atoms with E-state index in [1.165, 1.54) is 12.1 Å². The van der Waals surface area contributed by atoms with Gasteiger partial charge < -0.3 is 5.11 Å². The molecule has 0 aliphatic rings. The summed E-state index contributed by atoms with van der Waals surface area (Å²) in [7, 11) is -3.87. The molecule has 0 spiro atoms. The average molecular weight is 286 g/mol. The minimum atomic E-state index is -3.87. The Labute approximate surface area is 108 Å². The van der Waals surface area contributed by atoms with Gasteiger partial charge in [-0.15, -0.1) is 0 Å². The van der Waals surface area contributed by atoms with E-state index >= 15 is 0 Å². The van der Waals surface area contributed by atoms with Crippen molar-refractivity contribution in [2.45, 2.75) is 4.90 Å². The first-order chi connectivity index (χ1) is 8.38. The second kappa shape index (κ2) is 5.72. The lowest BCUT2D eigenvalue weighted by Gasteiger charge is -2.04. The molecule has 7 nitrogen and oxygen atoms in total. The van der Waals surface area contributed by atoms with Crippen LogP contribution < -0.4 is 10.5 Å². The van der Waals surface area contributed by atoms with Crippen LogP contribution in [-0.2, 0) is 10.0 Å². The number of primary sulfonamides is 1. The zero-order valence-corrected chi connectivity index (χ0v) is 10.9. The molecule has 0 aliphatic heterocycles. The molecule has 0 radical (unpaired) electrons. The molecule has 0 aromatic heterocycles. The van der Waals surface area contributed by atoms with Crippen LogP contribution in [0.2, 0.25) is 0 Å². The van der Waals surface area contributed by atoms with Gasteiger partial charge in [0.1, 0.15) is 11.4 Å². The summed E-state index contributed by atoms with van der Waals surface area (Å²) < 4.78 is 22.3. The number of hydrogen-bond donors (Lipinski definition) is 3. The van der Waals surface area contributed by atoms with Crippen molar-refractivity contribution in [3.8, 4) is 11.9 Å². The molecule has 4 N–H and O–H groups in total. The molecule has 18 heavy (non-hydrogen) atoms. The van der Waals surface area contributed by atoms with Gasteiger partial charge in [0.25, 0.3) is 0 Å². The molecule has 1 rings (SSSR count). The molecular formula is C9H10N4O3S2. The summed E-state index contributed by atoms with van der Waals surface area (Å²) in [5.74, 6) is -0.214. The Kier molecular flexibility index (Phi) is 4.55. The molecule has 0 fully saturated rings. The number of rotatable bonds is 2. The van der Waals surface area contributed by atoms with E-state index in [2.05, 4.69) is 10.3 Å². The number of nitrogens with two attached hydrogens (primary N) is 1. The van der Waals surface area contributed by atoms with Gasteiger partial charge >= 0.3 is 0 Å². The monoisotopic (exact) mass is 286 g/mol. The van der Waals surface area contributed by atoms with Crippen molar-refractivity contribution in [3.63, 3.8) is 0 Å². The maximum absolute atomic E-state index is 11.2. The lowest BCUT2D eigenvalue weighted by Crippen LogP contribution is -2.13. The number of amidine groups is 1. The molecule has 96 valence electrons. The lowest BCUT2D eigenvalue weighted by atomic mass is 10.3. The molecule has 0 heterocycles. The SMILES string of the molecule is CSC(=Nc1cc(S(N)(=O)=O)ccc1O)NC#N. The van der Waals surface area contributed by atoms with Crippen LogP contribution >= 0.6 is 11.8 Å². The Balaban J connectivity index is 3.29. The van der Waals surface area contributed by atoms with Crippen LogP contribution in [0.5, 0.6) is 5.75 Å². The van der Waals surface area contributed by atoms with E-state index in [-0.39, 0.29) is 21.5 Å². The number of phenols is 1. The van der Waals surface area contributed by atoms with Crippen LogP contribution in [0.1, 0.15) is 0 Å². The molecule has 0 unspecified atom stereocenters. The predicted octanol–water partition coefficient (Wildman–Crippen LogP) is 0.461. The fourth-order valence-electron chi connectivity index (χ4n) is 1.05. The highest BCUT2D eigenvalue weighted by Crippen LogP contribution is 2.29. The summed E-state index contributed by atoms with van der Waals surface area (Å²) in [4.78, 5) is 3.75. The number of sulfonamides is 1. The first-order valence-corrected chi connectivity index (χ1v) is 7.29. The number of hydrogen-bond acceptors (Lipinski definition) is 6.